The standard InChI is InChI=1S/C23H19ClIN3O2/c1-12-9-16(13(2)27-18-6-7-19(24)28-14(18)3)23-17(10-12)21(29)20(25)22(30-23)15-5-4-8-26-11-15/h4-11,13,27H,1-3H3. The summed E-state index contributed by atoms with van der Waals surface area (Å²) >= 11 is 8.04. The van der Waals surface area contributed by atoms with Crippen LogP contribution in [0.1, 0.15) is 29.8 Å². The number of pyridine rings is 2. The normalized spacial score (nSPS) is 12.2. The molecule has 0 bridgehead atoms. The molecule has 0 amide bonds. The van der Waals surface area contributed by atoms with Crippen molar-refractivity contribution in [2.24, 2.45) is 0 Å². The van der Waals surface area contributed by atoms with Crippen LogP contribution < -0.4 is 10.7 Å². The molecule has 0 saturated carbocycles. The maximum Gasteiger partial charge on any atom is 0.206 e. The molecule has 1 aromatic carbocycles. The second kappa shape index (κ2) is 8.35. The molecule has 0 aliphatic heterocycles. The van der Waals surface area contributed by atoms with Gasteiger partial charge in [0, 0.05) is 23.5 Å². The monoisotopic (exact) mass is 531 g/mol. The van der Waals surface area contributed by atoms with Crippen LogP contribution in [0.5, 0.6) is 0 Å². The van der Waals surface area contributed by atoms with E-state index >= 15 is 0 Å². The minimum atomic E-state index is -0.126. The molecule has 152 valence electrons. The van der Waals surface area contributed by atoms with Crippen LogP contribution in [0.2, 0.25) is 5.15 Å². The third kappa shape index (κ3) is 3.94. The van der Waals surface area contributed by atoms with Crippen molar-refractivity contribution in [2.45, 2.75) is 26.8 Å². The van der Waals surface area contributed by atoms with Gasteiger partial charge in [0.1, 0.15) is 14.3 Å². The minimum Gasteiger partial charge on any atom is -0.454 e. The van der Waals surface area contributed by atoms with Crippen molar-refractivity contribution in [1.29, 1.82) is 0 Å². The Balaban J connectivity index is 1.89. The van der Waals surface area contributed by atoms with Gasteiger partial charge in [-0.15, -0.1) is 0 Å². The zero-order chi connectivity index (χ0) is 21.4. The average molecular weight is 532 g/mol. The van der Waals surface area contributed by atoms with E-state index in [0.717, 1.165) is 28.1 Å². The lowest BCUT2D eigenvalue weighted by Crippen LogP contribution is -2.13. The summed E-state index contributed by atoms with van der Waals surface area (Å²) in [6, 6.07) is 11.2. The number of hydrogen-bond donors (Lipinski definition) is 1. The Morgan fingerprint density at radius 1 is 1.20 bits per heavy atom. The van der Waals surface area contributed by atoms with E-state index in [1.54, 1.807) is 18.5 Å². The maximum atomic E-state index is 13.2. The van der Waals surface area contributed by atoms with Crippen molar-refractivity contribution in [3.63, 3.8) is 0 Å². The lowest BCUT2D eigenvalue weighted by atomic mass is 10.0. The van der Waals surface area contributed by atoms with E-state index < -0.39 is 0 Å². The van der Waals surface area contributed by atoms with Crippen LogP contribution in [-0.2, 0) is 0 Å². The van der Waals surface area contributed by atoms with Gasteiger partial charge < -0.3 is 9.73 Å². The zero-order valence-corrected chi connectivity index (χ0v) is 19.6. The Kier molecular flexibility index (Phi) is 5.79. The van der Waals surface area contributed by atoms with E-state index in [9.17, 15) is 4.79 Å². The highest BCUT2D eigenvalue weighted by atomic mass is 127. The number of aromatic nitrogens is 2. The zero-order valence-electron chi connectivity index (χ0n) is 16.7. The first-order chi connectivity index (χ1) is 14.3. The molecular formula is C23H19ClIN3O2. The molecule has 30 heavy (non-hydrogen) atoms. The van der Waals surface area contributed by atoms with Gasteiger partial charge in [-0.05, 0) is 79.3 Å². The third-order valence-electron chi connectivity index (χ3n) is 4.92. The number of fused-ring (bicyclic) bond motifs is 1. The van der Waals surface area contributed by atoms with E-state index in [2.05, 4.69) is 37.9 Å². The van der Waals surface area contributed by atoms with Gasteiger partial charge in [0.05, 0.1) is 22.8 Å². The molecule has 5 nitrogen and oxygen atoms in total. The van der Waals surface area contributed by atoms with Crippen molar-refractivity contribution in [3.05, 3.63) is 84.6 Å². The van der Waals surface area contributed by atoms with Crippen LogP contribution in [0.25, 0.3) is 22.3 Å². The summed E-state index contributed by atoms with van der Waals surface area (Å²) in [4.78, 5) is 21.6. The van der Waals surface area contributed by atoms with Crippen LogP contribution >= 0.6 is 34.2 Å². The second-order valence-electron chi connectivity index (χ2n) is 7.18. The third-order valence-corrected chi connectivity index (χ3v) is 6.11. The van der Waals surface area contributed by atoms with Gasteiger partial charge in [-0.2, -0.15) is 0 Å². The Bertz CT molecular complexity index is 1310. The summed E-state index contributed by atoms with van der Waals surface area (Å²) in [6.45, 7) is 5.91. The lowest BCUT2D eigenvalue weighted by Gasteiger charge is -2.19. The predicted octanol–water partition coefficient (Wildman–Crippen LogP) is 6.30. The maximum absolute atomic E-state index is 13.2. The fourth-order valence-corrected chi connectivity index (χ4v) is 4.35. The van der Waals surface area contributed by atoms with Crippen molar-refractivity contribution in [2.75, 3.05) is 5.32 Å². The fraction of sp³-hybridized carbons (Fsp3) is 0.174. The Labute approximate surface area is 192 Å². The molecule has 0 aliphatic rings. The molecule has 0 radical (unpaired) electrons. The summed E-state index contributed by atoms with van der Waals surface area (Å²) in [7, 11) is 0. The first-order valence-corrected chi connectivity index (χ1v) is 10.9. The highest BCUT2D eigenvalue weighted by Crippen LogP contribution is 2.33. The summed E-state index contributed by atoms with van der Waals surface area (Å²) in [5.74, 6) is 0.530. The highest BCUT2D eigenvalue weighted by molar-refractivity contribution is 14.1. The summed E-state index contributed by atoms with van der Waals surface area (Å²) in [6.07, 6.45) is 3.39. The number of rotatable bonds is 4. The van der Waals surface area contributed by atoms with Crippen LogP contribution in [0.15, 0.2) is 58.0 Å². The Morgan fingerprint density at radius 3 is 2.70 bits per heavy atom. The lowest BCUT2D eigenvalue weighted by molar-refractivity contribution is 0.606. The number of hydrogen-bond acceptors (Lipinski definition) is 5. The smallest absolute Gasteiger partial charge is 0.206 e. The molecule has 3 heterocycles. The highest BCUT2D eigenvalue weighted by Gasteiger charge is 2.20. The predicted molar refractivity (Wildman–Crippen MR) is 129 cm³/mol. The Hall–Kier alpha value is -2.45. The van der Waals surface area contributed by atoms with Gasteiger partial charge in [-0.3, -0.25) is 9.78 Å². The summed E-state index contributed by atoms with van der Waals surface area (Å²) in [5.41, 5.74) is 4.87. The number of anilines is 1. The van der Waals surface area contributed by atoms with Gasteiger partial charge in [0.15, 0.2) is 5.76 Å². The van der Waals surface area contributed by atoms with E-state index in [1.165, 1.54) is 0 Å². The van der Waals surface area contributed by atoms with E-state index in [1.807, 2.05) is 51.1 Å². The molecule has 4 aromatic rings. The molecular weight excluding hydrogens is 513 g/mol. The quantitative estimate of drug-likeness (QED) is 0.247. The molecule has 3 aromatic heterocycles. The summed E-state index contributed by atoms with van der Waals surface area (Å²) in [5, 5.41) is 4.49. The Morgan fingerprint density at radius 2 is 2.00 bits per heavy atom. The van der Waals surface area contributed by atoms with Gasteiger partial charge in [0.2, 0.25) is 5.43 Å². The van der Waals surface area contributed by atoms with Crippen molar-refractivity contribution < 1.29 is 4.42 Å². The van der Waals surface area contributed by atoms with E-state index in [-0.39, 0.29) is 11.5 Å². The van der Waals surface area contributed by atoms with Gasteiger partial charge in [0.25, 0.3) is 0 Å². The topological polar surface area (TPSA) is 68.0 Å². The molecule has 0 saturated heterocycles. The number of aryl methyl sites for hydroxylation is 2. The van der Waals surface area contributed by atoms with Crippen LogP contribution in [0, 0.1) is 17.4 Å². The SMILES string of the molecule is Cc1cc(C(C)Nc2ccc(Cl)nc2C)c2oc(-c3cccnc3)c(I)c(=O)c2c1. The molecule has 0 aliphatic carbocycles. The van der Waals surface area contributed by atoms with Crippen molar-refractivity contribution in [3.8, 4) is 11.3 Å². The first-order valence-electron chi connectivity index (χ1n) is 9.42. The number of halogens is 2. The number of benzene rings is 1. The van der Waals surface area contributed by atoms with Crippen LogP contribution in [0.3, 0.4) is 0 Å². The van der Waals surface area contributed by atoms with Gasteiger partial charge >= 0.3 is 0 Å². The van der Waals surface area contributed by atoms with Crippen LogP contribution in [-0.4, -0.2) is 9.97 Å². The minimum absolute atomic E-state index is 0.0443. The van der Waals surface area contributed by atoms with E-state index in [0.29, 0.717) is 25.5 Å². The molecule has 1 atom stereocenters. The van der Waals surface area contributed by atoms with Gasteiger partial charge in [-0.25, -0.2) is 4.98 Å². The number of nitrogens with one attached hydrogen (secondary N) is 1. The average Bonchev–Trinajstić information content (AvgIpc) is 2.73. The van der Waals surface area contributed by atoms with Crippen LogP contribution in [0.4, 0.5) is 5.69 Å². The van der Waals surface area contributed by atoms with Crippen molar-refractivity contribution in [1.82, 2.24) is 9.97 Å². The fourth-order valence-electron chi connectivity index (χ4n) is 3.45. The first kappa shape index (κ1) is 20.8. The second-order valence-corrected chi connectivity index (χ2v) is 8.65. The molecule has 0 fully saturated rings. The number of nitrogens with zero attached hydrogens (tertiary/aromatic N) is 2. The molecule has 1 unspecified atom stereocenters. The molecule has 0 spiro atoms. The largest absolute Gasteiger partial charge is 0.454 e. The van der Waals surface area contributed by atoms with Crippen molar-refractivity contribution >= 4 is 50.8 Å². The summed E-state index contributed by atoms with van der Waals surface area (Å²) < 4.78 is 6.87. The van der Waals surface area contributed by atoms with Gasteiger partial charge in [-0.1, -0.05) is 17.7 Å². The molecule has 7 heteroatoms. The van der Waals surface area contributed by atoms with E-state index in [4.69, 9.17) is 16.0 Å². The molecule has 4 rings (SSSR count). The molecule has 1 N–H and O–H groups in total.